The van der Waals surface area contributed by atoms with Crippen LogP contribution in [0.15, 0.2) is 28.8 Å². The van der Waals surface area contributed by atoms with Crippen LogP contribution in [-0.2, 0) is 22.6 Å². The Bertz CT molecular complexity index is 780. The van der Waals surface area contributed by atoms with E-state index in [0.29, 0.717) is 56.9 Å². The summed E-state index contributed by atoms with van der Waals surface area (Å²) in [5.41, 5.74) is 6.43. The number of carbonyl (C=O) groups is 1. The van der Waals surface area contributed by atoms with Crippen LogP contribution >= 0.6 is 12.4 Å². The molecule has 2 aromatic rings. The first-order valence-corrected chi connectivity index (χ1v) is 8.63. The summed E-state index contributed by atoms with van der Waals surface area (Å²) in [5, 5.41) is 3.95. The zero-order chi connectivity index (χ0) is 17.9. The molecule has 1 fully saturated rings. The van der Waals surface area contributed by atoms with E-state index in [-0.39, 0.29) is 24.9 Å². The molecule has 1 atom stereocenters. The van der Waals surface area contributed by atoms with Crippen molar-refractivity contribution < 1.29 is 18.8 Å². The zero-order valence-electron chi connectivity index (χ0n) is 14.7. The number of hydrogen-bond donors (Lipinski definition) is 1. The molecule has 3 heterocycles. The predicted molar refractivity (Wildman–Crippen MR) is 98.7 cm³/mol. The summed E-state index contributed by atoms with van der Waals surface area (Å²) in [6.45, 7) is 3.32. The summed E-state index contributed by atoms with van der Waals surface area (Å²) in [5.74, 6) is 1.57. The molecule has 1 aromatic carbocycles. The number of fused-ring (bicyclic) bond motifs is 1. The number of para-hydroxylation sites is 2. The number of rotatable bonds is 4. The van der Waals surface area contributed by atoms with E-state index >= 15 is 0 Å². The summed E-state index contributed by atoms with van der Waals surface area (Å²) in [6, 6.07) is 7.64. The maximum absolute atomic E-state index is 12.9. The summed E-state index contributed by atoms with van der Waals surface area (Å²) in [4.78, 5) is 20.9. The highest BCUT2D eigenvalue weighted by atomic mass is 35.5. The van der Waals surface area contributed by atoms with Crippen molar-refractivity contribution in [2.24, 2.45) is 5.73 Å². The fourth-order valence-corrected chi connectivity index (χ4v) is 3.18. The Balaban J connectivity index is 0.00000210. The molecular formula is C17H22ClN5O4. The number of ether oxygens (including phenoxy) is 2. The van der Waals surface area contributed by atoms with Crippen LogP contribution in [0.2, 0.25) is 0 Å². The number of carbonyl (C=O) groups excluding carboxylic acids is 1. The molecule has 4 rings (SSSR count). The van der Waals surface area contributed by atoms with Gasteiger partial charge in [-0.05, 0) is 12.1 Å². The highest BCUT2D eigenvalue weighted by Gasteiger charge is 2.34. The monoisotopic (exact) mass is 395 g/mol. The highest BCUT2D eigenvalue weighted by molar-refractivity contribution is 5.85. The zero-order valence-corrected chi connectivity index (χ0v) is 15.6. The minimum Gasteiger partial charge on any atom is -0.477 e. The van der Waals surface area contributed by atoms with Crippen LogP contribution in [-0.4, -0.2) is 59.9 Å². The maximum atomic E-state index is 12.9. The van der Waals surface area contributed by atoms with Crippen LogP contribution in [0, 0.1) is 0 Å². The van der Waals surface area contributed by atoms with Crippen LogP contribution in [0.3, 0.4) is 0 Å². The lowest BCUT2D eigenvalue weighted by atomic mass is 10.1. The molecule has 9 nitrogen and oxygen atoms in total. The molecule has 1 unspecified atom stereocenters. The van der Waals surface area contributed by atoms with Crippen LogP contribution in [0.5, 0.6) is 5.75 Å². The maximum Gasteiger partial charge on any atom is 0.265 e. The quantitative estimate of drug-likeness (QED) is 0.801. The Morgan fingerprint density at radius 2 is 2.04 bits per heavy atom. The molecular weight excluding hydrogens is 374 g/mol. The SMILES string of the molecule is Cl.NCc1nc(CN2CC(C(=O)N3CCOCC3)Oc3ccccc32)no1. The summed E-state index contributed by atoms with van der Waals surface area (Å²) < 4.78 is 16.4. The third-order valence-corrected chi connectivity index (χ3v) is 4.48. The number of morpholine rings is 1. The van der Waals surface area contributed by atoms with Gasteiger partial charge in [0.25, 0.3) is 5.91 Å². The van der Waals surface area contributed by atoms with E-state index in [2.05, 4.69) is 10.1 Å². The standard InChI is InChI=1S/C17H21N5O4.ClH/c18-9-16-19-15(20-26-16)11-22-10-14(17(23)21-5-7-24-8-6-21)25-13-4-2-1-3-12(13)22;/h1-4,14H,5-11,18H2;1H. The molecule has 10 heteroatoms. The number of benzene rings is 1. The second-order valence-corrected chi connectivity index (χ2v) is 6.20. The minimum atomic E-state index is -0.580. The van der Waals surface area contributed by atoms with Crippen LogP contribution in [0.1, 0.15) is 11.7 Å². The van der Waals surface area contributed by atoms with Gasteiger partial charge < -0.3 is 29.5 Å². The second-order valence-electron chi connectivity index (χ2n) is 6.20. The van der Waals surface area contributed by atoms with Gasteiger partial charge >= 0.3 is 0 Å². The summed E-state index contributed by atoms with van der Waals surface area (Å²) in [7, 11) is 0. The molecule has 2 aliphatic heterocycles. The number of nitrogens with two attached hydrogens (primary N) is 1. The normalized spacial score (nSPS) is 19.1. The lowest BCUT2D eigenvalue weighted by molar-refractivity contribution is -0.142. The van der Waals surface area contributed by atoms with E-state index in [0.717, 1.165) is 5.69 Å². The third-order valence-electron chi connectivity index (χ3n) is 4.48. The van der Waals surface area contributed by atoms with Gasteiger partial charge in [0.2, 0.25) is 5.89 Å². The first-order valence-electron chi connectivity index (χ1n) is 8.63. The van der Waals surface area contributed by atoms with E-state index in [1.807, 2.05) is 29.2 Å². The summed E-state index contributed by atoms with van der Waals surface area (Å²) >= 11 is 0. The van der Waals surface area contributed by atoms with Gasteiger partial charge in [0.15, 0.2) is 11.9 Å². The van der Waals surface area contributed by atoms with Gasteiger partial charge in [-0.1, -0.05) is 17.3 Å². The van der Waals surface area contributed by atoms with E-state index in [1.165, 1.54) is 0 Å². The van der Waals surface area contributed by atoms with Gasteiger partial charge in [0, 0.05) is 13.1 Å². The third kappa shape index (κ3) is 4.15. The van der Waals surface area contributed by atoms with Crippen LogP contribution < -0.4 is 15.4 Å². The molecule has 1 amide bonds. The molecule has 2 aliphatic rings. The smallest absolute Gasteiger partial charge is 0.265 e. The topological polar surface area (TPSA) is 107 Å². The predicted octanol–water partition coefficient (Wildman–Crippen LogP) is 0.577. The van der Waals surface area contributed by atoms with Crippen molar-refractivity contribution in [1.29, 1.82) is 0 Å². The van der Waals surface area contributed by atoms with E-state index < -0.39 is 6.10 Å². The number of anilines is 1. The van der Waals surface area contributed by atoms with Crippen molar-refractivity contribution in [2.75, 3.05) is 37.7 Å². The van der Waals surface area contributed by atoms with E-state index in [9.17, 15) is 4.79 Å². The second kappa shape index (κ2) is 8.55. The Hall–Kier alpha value is -2.36. The lowest BCUT2D eigenvalue weighted by Gasteiger charge is -2.37. The van der Waals surface area contributed by atoms with Gasteiger partial charge in [-0.15, -0.1) is 12.4 Å². The van der Waals surface area contributed by atoms with E-state index in [4.69, 9.17) is 19.7 Å². The number of aromatic nitrogens is 2. The van der Waals surface area contributed by atoms with Gasteiger partial charge in [-0.2, -0.15) is 4.98 Å². The largest absolute Gasteiger partial charge is 0.477 e. The first-order chi connectivity index (χ1) is 12.7. The van der Waals surface area contributed by atoms with Crippen molar-refractivity contribution in [1.82, 2.24) is 15.0 Å². The van der Waals surface area contributed by atoms with Crippen LogP contribution in [0.4, 0.5) is 5.69 Å². The van der Waals surface area contributed by atoms with Crippen molar-refractivity contribution in [3.63, 3.8) is 0 Å². The highest BCUT2D eigenvalue weighted by Crippen LogP contribution is 2.34. The molecule has 0 spiro atoms. The molecule has 0 saturated carbocycles. The van der Waals surface area contributed by atoms with Gasteiger partial charge in [-0.3, -0.25) is 4.79 Å². The lowest BCUT2D eigenvalue weighted by Crippen LogP contribution is -2.52. The number of amides is 1. The van der Waals surface area contributed by atoms with Gasteiger partial charge in [0.1, 0.15) is 5.75 Å². The fourth-order valence-electron chi connectivity index (χ4n) is 3.18. The number of nitrogens with zero attached hydrogens (tertiary/aromatic N) is 4. The average molecular weight is 396 g/mol. The van der Waals surface area contributed by atoms with Gasteiger partial charge in [0.05, 0.1) is 38.5 Å². The molecule has 0 radical (unpaired) electrons. The molecule has 146 valence electrons. The molecule has 1 saturated heterocycles. The fraction of sp³-hybridized carbons (Fsp3) is 0.471. The van der Waals surface area contributed by atoms with Crippen molar-refractivity contribution >= 4 is 24.0 Å². The van der Waals surface area contributed by atoms with E-state index in [1.54, 1.807) is 4.90 Å². The Kier molecular flexibility index (Phi) is 6.15. The van der Waals surface area contributed by atoms with Crippen molar-refractivity contribution in [2.45, 2.75) is 19.2 Å². The molecule has 0 aliphatic carbocycles. The van der Waals surface area contributed by atoms with Crippen LogP contribution in [0.25, 0.3) is 0 Å². The average Bonchev–Trinajstić information content (AvgIpc) is 3.15. The molecule has 2 N–H and O–H groups in total. The molecule has 27 heavy (non-hydrogen) atoms. The Morgan fingerprint density at radius 3 is 2.78 bits per heavy atom. The number of halogens is 1. The Labute approximate surface area is 162 Å². The van der Waals surface area contributed by atoms with Gasteiger partial charge in [-0.25, -0.2) is 0 Å². The Morgan fingerprint density at radius 1 is 1.26 bits per heavy atom. The van der Waals surface area contributed by atoms with Crippen molar-refractivity contribution in [3.05, 3.63) is 36.0 Å². The molecule has 0 bridgehead atoms. The number of hydrogen-bond acceptors (Lipinski definition) is 8. The molecule has 1 aromatic heterocycles. The minimum absolute atomic E-state index is 0. The first kappa shape index (κ1) is 19.4. The van der Waals surface area contributed by atoms with Crippen molar-refractivity contribution in [3.8, 4) is 5.75 Å². The summed E-state index contributed by atoms with van der Waals surface area (Å²) in [6.07, 6.45) is -0.580.